The fourth-order valence-corrected chi connectivity index (χ4v) is 1.43. The molecule has 5 nitrogen and oxygen atoms in total. The molecule has 0 amide bonds. The average Bonchev–Trinajstić information content (AvgIpc) is 2.19. The maximum Gasteiger partial charge on any atom is 0.387 e. The van der Waals surface area contributed by atoms with Crippen molar-refractivity contribution >= 4 is 21.6 Å². The Kier molecular flexibility index (Phi) is 3.99. The lowest BCUT2D eigenvalue weighted by Gasteiger charge is -2.08. The van der Waals surface area contributed by atoms with E-state index >= 15 is 0 Å². The van der Waals surface area contributed by atoms with E-state index < -0.39 is 17.2 Å². The number of hydrogen-bond donors (Lipinski definition) is 0. The number of alkyl halides is 2. The van der Waals surface area contributed by atoms with Crippen LogP contribution in [0.15, 0.2) is 16.6 Å². The summed E-state index contributed by atoms with van der Waals surface area (Å²) < 4.78 is 32.9. The molecule has 8 heteroatoms. The van der Waals surface area contributed by atoms with E-state index in [1.807, 2.05) is 0 Å². The van der Waals surface area contributed by atoms with E-state index in [-0.39, 0.29) is 16.0 Å². The van der Waals surface area contributed by atoms with Crippen LogP contribution in [-0.2, 0) is 0 Å². The molecule has 0 aromatic heterocycles. The summed E-state index contributed by atoms with van der Waals surface area (Å²) in [5.74, 6) is -0.360. The molecule has 0 N–H and O–H groups in total. The Hall–Kier alpha value is -1.44. The summed E-state index contributed by atoms with van der Waals surface area (Å²) in [4.78, 5) is 9.85. The van der Waals surface area contributed by atoms with Gasteiger partial charge in [-0.1, -0.05) is 0 Å². The van der Waals surface area contributed by atoms with Crippen molar-refractivity contribution < 1.29 is 23.2 Å². The number of nitro benzene ring substituents is 1. The number of rotatable bonds is 4. The summed E-state index contributed by atoms with van der Waals surface area (Å²) in [6.07, 6.45) is 0. The van der Waals surface area contributed by atoms with Crippen LogP contribution in [0, 0.1) is 10.1 Å². The van der Waals surface area contributed by atoms with Gasteiger partial charge in [0.1, 0.15) is 5.75 Å². The minimum atomic E-state index is -3.05. The number of ether oxygens (including phenoxy) is 2. The monoisotopic (exact) mass is 297 g/mol. The first-order valence-electron chi connectivity index (χ1n) is 3.92. The van der Waals surface area contributed by atoms with Gasteiger partial charge in [-0.3, -0.25) is 10.1 Å². The van der Waals surface area contributed by atoms with E-state index in [0.717, 1.165) is 6.07 Å². The Morgan fingerprint density at radius 3 is 2.50 bits per heavy atom. The van der Waals surface area contributed by atoms with Crippen molar-refractivity contribution in [2.45, 2.75) is 6.61 Å². The normalized spacial score (nSPS) is 10.3. The molecule has 0 aliphatic rings. The Labute approximate surface area is 97.2 Å². The van der Waals surface area contributed by atoms with Gasteiger partial charge in [-0.05, 0) is 15.9 Å². The fourth-order valence-electron chi connectivity index (χ4n) is 1.02. The van der Waals surface area contributed by atoms with Crippen molar-refractivity contribution in [2.24, 2.45) is 0 Å². The molecule has 88 valence electrons. The summed E-state index contributed by atoms with van der Waals surface area (Å²) in [6, 6.07) is 2.06. The van der Waals surface area contributed by atoms with E-state index in [4.69, 9.17) is 4.74 Å². The van der Waals surface area contributed by atoms with E-state index in [9.17, 15) is 18.9 Å². The third kappa shape index (κ3) is 2.78. The third-order valence-electron chi connectivity index (χ3n) is 1.65. The minimum Gasteiger partial charge on any atom is -0.490 e. The SMILES string of the molecule is COc1cc(Br)c(OC(F)F)cc1[N+](=O)[O-]. The number of nitrogens with zero attached hydrogens (tertiary/aromatic N) is 1. The van der Waals surface area contributed by atoms with Gasteiger partial charge in [-0.25, -0.2) is 0 Å². The lowest BCUT2D eigenvalue weighted by atomic mass is 10.3. The molecule has 0 radical (unpaired) electrons. The van der Waals surface area contributed by atoms with Gasteiger partial charge in [0.15, 0.2) is 5.75 Å². The highest BCUT2D eigenvalue weighted by atomic mass is 79.9. The van der Waals surface area contributed by atoms with Crippen LogP contribution >= 0.6 is 15.9 Å². The van der Waals surface area contributed by atoms with Crippen molar-refractivity contribution in [3.63, 3.8) is 0 Å². The zero-order valence-corrected chi connectivity index (χ0v) is 9.53. The van der Waals surface area contributed by atoms with Gasteiger partial charge in [0.25, 0.3) is 0 Å². The first-order valence-corrected chi connectivity index (χ1v) is 4.71. The second-order valence-electron chi connectivity index (χ2n) is 2.59. The molecule has 0 spiro atoms. The van der Waals surface area contributed by atoms with Gasteiger partial charge < -0.3 is 9.47 Å². The molecule has 0 atom stereocenters. The highest BCUT2D eigenvalue weighted by Gasteiger charge is 2.20. The third-order valence-corrected chi connectivity index (χ3v) is 2.27. The predicted octanol–water partition coefficient (Wildman–Crippen LogP) is 2.97. The largest absolute Gasteiger partial charge is 0.490 e. The Balaban J connectivity index is 3.22. The minimum absolute atomic E-state index is 0.0431. The van der Waals surface area contributed by atoms with Gasteiger partial charge in [-0.2, -0.15) is 8.78 Å². The molecule has 0 bridgehead atoms. The topological polar surface area (TPSA) is 61.6 Å². The van der Waals surface area contributed by atoms with Gasteiger partial charge in [0.2, 0.25) is 0 Å². The predicted molar refractivity (Wildman–Crippen MR) is 54.0 cm³/mol. The Bertz CT molecular complexity index is 413. The molecule has 0 aliphatic heterocycles. The maximum absolute atomic E-state index is 12.0. The molecule has 0 saturated carbocycles. The molecule has 0 unspecified atom stereocenters. The summed E-state index contributed by atoms with van der Waals surface area (Å²) in [5.41, 5.74) is -0.443. The molecule has 1 aromatic rings. The van der Waals surface area contributed by atoms with E-state index in [0.29, 0.717) is 0 Å². The van der Waals surface area contributed by atoms with E-state index in [1.54, 1.807) is 0 Å². The van der Waals surface area contributed by atoms with Crippen LogP contribution in [0.5, 0.6) is 11.5 Å². The number of hydrogen-bond acceptors (Lipinski definition) is 4. The summed E-state index contributed by atoms with van der Waals surface area (Å²) in [7, 11) is 1.24. The van der Waals surface area contributed by atoms with Crippen molar-refractivity contribution in [3.05, 3.63) is 26.7 Å². The Morgan fingerprint density at radius 2 is 2.06 bits per heavy atom. The molecule has 16 heavy (non-hydrogen) atoms. The fraction of sp³-hybridized carbons (Fsp3) is 0.250. The van der Waals surface area contributed by atoms with Crippen LogP contribution in [0.3, 0.4) is 0 Å². The lowest BCUT2D eigenvalue weighted by Crippen LogP contribution is -2.03. The molecule has 1 aromatic carbocycles. The van der Waals surface area contributed by atoms with Crippen LogP contribution in [0.2, 0.25) is 0 Å². The van der Waals surface area contributed by atoms with Crippen LogP contribution in [0.25, 0.3) is 0 Å². The lowest BCUT2D eigenvalue weighted by molar-refractivity contribution is -0.385. The standard InChI is InChI=1S/C8H6BrF2NO4/c1-15-7-2-4(9)6(16-8(10)11)3-5(7)12(13)14/h2-3,8H,1H3. The molecule has 0 aliphatic carbocycles. The number of halogens is 3. The van der Waals surface area contributed by atoms with Gasteiger partial charge in [0.05, 0.1) is 22.6 Å². The zero-order chi connectivity index (χ0) is 12.3. The molecule has 1 rings (SSSR count). The summed E-state index contributed by atoms with van der Waals surface area (Å²) in [5, 5.41) is 10.6. The van der Waals surface area contributed by atoms with Crippen molar-refractivity contribution in [1.29, 1.82) is 0 Å². The maximum atomic E-state index is 12.0. The molecular weight excluding hydrogens is 292 g/mol. The molecular formula is C8H6BrF2NO4. The molecule has 0 saturated heterocycles. The van der Waals surface area contributed by atoms with Crippen LogP contribution < -0.4 is 9.47 Å². The number of methoxy groups -OCH3 is 1. The van der Waals surface area contributed by atoms with Gasteiger partial charge in [0, 0.05) is 6.07 Å². The first kappa shape index (κ1) is 12.6. The van der Waals surface area contributed by atoms with Crippen molar-refractivity contribution in [2.75, 3.05) is 7.11 Å². The van der Waals surface area contributed by atoms with E-state index in [2.05, 4.69) is 20.7 Å². The van der Waals surface area contributed by atoms with Crippen LogP contribution in [0.4, 0.5) is 14.5 Å². The summed E-state index contributed by atoms with van der Waals surface area (Å²) in [6.45, 7) is -3.05. The second-order valence-corrected chi connectivity index (χ2v) is 3.44. The quantitative estimate of drug-likeness (QED) is 0.633. The average molecular weight is 298 g/mol. The van der Waals surface area contributed by atoms with Crippen molar-refractivity contribution in [3.8, 4) is 11.5 Å². The number of nitro groups is 1. The first-order chi connectivity index (χ1) is 7.45. The van der Waals surface area contributed by atoms with Gasteiger partial charge in [-0.15, -0.1) is 0 Å². The zero-order valence-electron chi connectivity index (χ0n) is 7.95. The Morgan fingerprint density at radius 1 is 1.44 bits per heavy atom. The second kappa shape index (κ2) is 5.06. The van der Waals surface area contributed by atoms with Crippen LogP contribution in [-0.4, -0.2) is 18.6 Å². The van der Waals surface area contributed by atoms with E-state index in [1.165, 1.54) is 13.2 Å². The molecule has 0 heterocycles. The number of benzene rings is 1. The highest BCUT2D eigenvalue weighted by molar-refractivity contribution is 9.10. The van der Waals surface area contributed by atoms with Gasteiger partial charge >= 0.3 is 12.3 Å². The molecule has 0 fully saturated rings. The van der Waals surface area contributed by atoms with Crippen LogP contribution in [0.1, 0.15) is 0 Å². The van der Waals surface area contributed by atoms with Crippen molar-refractivity contribution in [1.82, 2.24) is 0 Å². The summed E-state index contributed by atoms with van der Waals surface area (Å²) >= 11 is 2.94. The highest BCUT2D eigenvalue weighted by Crippen LogP contribution is 2.37. The smallest absolute Gasteiger partial charge is 0.387 e.